The van der Waals surface area contributed by atoms with Crippen LogP contribution in [-0.4, -0.2) is 20.8 Å². The molecule has 0 aliphatic carbocycles. The monoisotopic (exact) mass is 515 g/mol. The maximum Gasteiger partial charge on any atom is 0.337 e. The number of aromatic nitrogens is 3. The van der Waals surface area contributed by atoms with E-state index in [1.807, 2.05) is 27.7 Å². The predicted octanol–water partition coefficient (Wildman–Crippen LogP) is 4.87. The van der Waals surface area contributed by atoms with Gasteiger partial charge in [-0.05, 0) is 54.8 Å². The second-order valence-electron chi connectivity index (χ2n) is 7.74. The smallest absolute Gasteiger partial charge is 0.337 e. The van der Waals surface area contributed by atoms with Gasteiger partial charge in [0, 0.05) is 13.1 Å². The van der Waals surface area contributed by atoms with Gasteiger partial charge >= 0.3 is 5.69 Å². The van der Waals surface area contributed by atoms with Gasteiger partial charge < -0.3 is 4.74 Å². The first kappa shape index (κ1) is 31.0. The molecule has 200 valence electrons. The molecule has 2 aromatic heterocycles. The molecule has 37 heavy (non-hydrogen) atoms. The van der Waals surface area contributed by atoms with Gasteiger partial charge in [0.25, 0.3) is 11.1 Å². The van der Waals surface area contributed by atoms with Crippen LogP contribution in [0.2, 0.25) is 0 Å². The summed E-state index contributed by atoms with van der Waals surface area (Å²) in [6.07, 6.45) is 0. The lowest BCUT2D eigenvalue weighted by molar-refractivity contribution is 0.414. The number of hydrogen-bond donors (Lipinski definition) is 0. The van der Waals surface area contributed by atoms with Gasteiger partial charge in [-0.25, -0.2) is 13.8 Å². The maximum absolute atomic E-state index is 15.0. The molecule has 0 aliphatic rings. The summed E-state index contributed by atoms with van der Waals surface area (Å²) in [5, 5.41) is 0.181. The summed E-state index contributed by atoms with van der Waals surface area (Å²) in [7, 11) is 3.00. The number of rotatable bonds is 4. The van der Waals surface area contributed by atoms with Gasteiger partial charge in [-0.3, -0.25) is 23.4 Å². The summed E-state index contributed by atoms with van der Waals surface area (Å²) < 4.78 is 23.5. The summed E-state index contributed by atoms with van der Waals surface area (Å²) >= 11 is 0. The third kappa shape index (κ3) is 6.04. The van der Waals surface area contributed by atoms with Crippen LogP contribution in [-0.2, 0) is 13.6 Å². The molecular weight excluding hydrogens is 480 g/mol. The molecule has 0 aliphatic heterocycles. The van der Waals surface area contributed by atoms with Crippen LogP contribution < -0.4 is 21.5 Å². The number of methoxy groups -OCH3 is 1. The van der Waals surface area contributed by atoms with Crippen LogP contribution in [0.25, 0.3) is 16.7 Å². The third-order valence-electron chi connectivity index (χ3n) is 5.54. The van der Waals surface area contributed by atoms with Crippen molar-refractivity contribution in [3.63, 3.8) is 0 Å². The summed E-state index contributed by atoms with van der Waals surface area (Å²) in [5.74, 6) is 0.0154. The molecule has 9 heteroatoms. The minimum absolute atomic E-state index is 0. The van der Waals surface area contributed by atoms with E-state index in [4.69, 9.17) is 4.74 Å². The highest BCUT2D eigenvalue weighted by Gasteiger charge is 2.21. The predicted molar refractivity (Wildman–Crippen MR) is 146 cm³/mol. The van der Waals surface area contributed by atoms with Crippen molar-refractivity contribution in [2.24, 2.45) is 7.05 Å². The molecule has 0 saturated carbocycles. The molecule has 0 amide bonds. The van der Waals surface area contributed by atoms with Crippen LogP contribution in [0.5, 0.6) is 5.75 Å². The van der Waals surface area contributed by atoms with Gasteiger partial charge in [0.05, 0.1) is 24.7 Å². The molecule has 0 unspecified atom stereocenters. The summed E-state index contributed by atoms with van der Waals surface area (Å²) in [6.45, 7) is 11.3. The average molecular weight is 516 g/mol. The Balaban J connectivity index is 0.00000131. The van der Waals surface area contributed by atoms with E-state index in [0.717, 1.165) is 9.13 Å². The fourth-order valence-corrected chi connectivity index (χ4v) is 3.83. The van der Waals surface area contributed by atoms with Gasteiger partial charge in [-0.15, -0.1) is 0 Å². The van der Waals surface area contributed by atoms with E-state index in [1.165, 1.54) is 29.8 Å². The molecule has 0 atom stereocenters. The Labute approximate surface area is 214 Å². The Morgan fingerprint density at radius 2 is 1.49 bits per heavy atom. The Kier molecular flexibility index (Phi) is 11.2. The lowest BCUT2D eigenvalue weighted by Gasteiger charge is -2.18. The highest BCUT2D eigenvalue weighted by Crippen LogP contribution is 2.19. The molecule has 4 rings (SSSR count). The number of benzene rings is 2. The van der Waals surface area contributed by atoms with E-state index in [9.17, 15) is 18.8 Å². The first-order valence-corrected chi connectivity index (χ1v) is 12.0. The first-order valence-electron chi connectivity index (χ1n) is 12.0. The van der Waals surface area contributed by atoms with E-state index in [-0.39, 0.29) is 28.0 Å². The van der Waals surface area contributed by atoms with Crippen LogP contribution in [0.4, 0.5) is 9.09 Å². The summed E-state index contributed by atoms with van der Waals surface area (Å²) in [4.78, 5) is 39.4. The van der Waals surface area contributed by atoms with Crippen molar-refractivity contribution in [1.82, 2.24) is 13.7 Å². The van der Waals surface area contributed by atoms with Crippen molar-refractivity contribution >= 4 is 11.0 Å². The Morgan fingerprint density at radius 3 is 2.03 bits per heavy atom. The summed E-state index contributed by atoms with van der Waals surface area (Å²) in [6, 6.07) is 12.7. The fourth-order valence-electron chi connectivity index (χ4n) is 3.83. The molecular formula is C28H35F2N3O4. The number of pyridine rings is 1. The lowest BCUT2D eigenvalue weighted by atomic mass is 10.1. The molecule has 7 nitrogen and oxygen atoms in total. The maximum atomic E-state index is 15.0. The second kappa shape index (κ2) is 13.3. The van der Waals surface area contributed by atoms with Crippen molar-refractivity contribution in [1.29, 1.82) is 0 Å². The van der Waals surface area contributed by atoms with E-state index < -0.39 is 22.6 Å². The fraction of sp³-hybridized carbons (Fsp3) is 0.321. The van der Waals surface area contributed by atoms with Gasteiger partial charge in [-0.1, -0.05) is 45.9 Å². The van der Waals surface area contributed by atoms with E-state index in [1.54, 1.807) is 51.3 Å². The zero-order valence-electron chi connectivity index (χ0n) is 22.6. The highest BCUT2D eigenvalue weighted by molar-refractivity contribution is 5.79. The SMILES string of the molecule is CC.CC.COc1ccc(Cn2c(=O)c3c(C)cc(=O)n(C)c3n(-c3ccc(C)cc3F)c2=O)cc1.F. The molecule has 0 N–H and O–H groups in total. The third-order valence-corrected chi connectivity index (χ3v) is 5.54. The average Bonchev–Trinajstić information content (AvgIpc) is 2.88. The first-order chi connectivity index (χ1) is 17.2. The molecule has 0 spiro atoms. The molecule has 2 heterocycles. The standard InChI is InChI=1S/C24H22FN3O4.2C2H6.FH/c1-14-5-10-19(18(25)11-14)28-22-21(15(2)12-20(29)26(22)3)23(30)27(24(28)31)13-16-6-8-17(32-4)9-7-16;2*1-2;/h5-12H,13H2,1-4H3;2*1-2H3;1H. The van der Waals surface area contributed by atoms with Crippen LogP contribution in [0, 0.1) is 19.7 Å². The molecule has 0 bridgehead atoms. The Hall–Kier alpha value is -4.01. The van der Waals surface area contributed by atoms with Crippen molar-refractivity contribution in [3.05, 3.63) is 102 Å². The van der Waals surface area contributed by atoms with Crippen molar-refractivity contribution < 1.29 is 13.8 Å². The van der Waals surface area contributed by atoms with Crippen molar-refractivity contribution in [3.8, 4) is 11.4 Å². The van der Waals surface area contributed by atoms with E-state index >= 15 is 0 Å². The molecule has 2 aromatic carbocycles. The van der Waals surface area contributed by atoms with E-state index in [0.29, 0.717) is 22.4 Å². The number of aryl methyl sites for hydroxylation is 3. The molecule has 0 radical (unpaired) electrons. The van der Waals surface area contributed by atoms with Crippen molar-refractivity contribution in [2.45, 2.75) is 48.1 Å². The number of halogens is 2. The second-order valence-corrected chi connectivity index (χ2v) is 7.74. The van der Waals surface area contributed by atoms with E-state index in [2.05, 4.69) is 0 Å². The van der Waals surface area contributed by atoms with Gasteiger partial charge in [0.15, 0.2) is 0 Å². The quantitative estimate of drug-likeness (QED) is 0.389. The number of ether oxygens (including phenoxy) is 1. The molecule has 0 fully saturated rings. The van der Waals surface area contributed by atoms with Gasteiger partial charge in [0.2, 0.25) is 0 Å². The summed E-state index contributed by atoms with van der Waals surface area (Å²) in [5.41, 5.74) is 0.136. The number of nitrogens with zero attached hydrogens (tertiary/aromatic N) is 3. The van der Waals surface area contributed by atoms with Crippen LogP contribution >= 0.6 is 0 Å². The normalized spacial score (nSPS) is 9.97. The van der Waals surface area contributed by atoms with Crippen molar-refractivity contribution in [2.75, 3.05) is 7.11 Å². The van der Waals surface area contributed by atoms with Crippen LogP contribution in [0.3, 0.4) is 0 Å². The largest absolute Gasteiger partial charge is 0.497 e. The minimum Gasteiger partial charge on any atom is -0.497 e. The Morgan fingerprint density at radius 1 is 0.892 bits per heavy atom. The Bertz CT molecular complexity index is 1540. The number of fused-ring (bicyclic) bond motifs is 1. The number of hydrogen-bond acceptors (Lipinski definition) is 4. The topological polar surface area (TPSA) is 75.2 Å². The van der Waals surface area contributed by atoms with Gasteiger partial charge in [-0.2, -0.15) is 0 Å². The molecule has 4 aromatic rings. The zero-order chi connectivity index (χ0) is 27.2. The molecule has 0 saturated heterocycles. The van der Waals surface area contributed by atoms with Gasteiger partial charge in [0.1, 0.15) is 17.2 Å². The minimum atomic E-state index is -0.735. The van der Waals surface area contributed by atoms with Crippen LogP contribution in [0.1, 0.15) is 44.4 Å². The highest BCUT2D eigenvalue weighted by atomic mass is 19.1. The van der Waals surface area contributed by atoms with Crippen LogP contribution in [0.15, 0.2) is 62.9 Å². The zero-order valence-corrected chi connectivity index (χ0v) is 22.6. The lowest BCUT2D eigenvalue weighted by Crippen LogP contribution is -2.42.